The molecule has 20 heavy (non-hydrogen) atoms. The van der Waals surface area contributed by atoms with Crippen molar-refractivity contribution in [3.63, 3.8) is 0 Å². The molecular formula is C14H18N4OS. The molecule has 0 aliphatic rings. The van der Waals surface area contributed by atoms with Crippen LogP contribution in [-0.2, 0) is 6.42 Å². The van der Waals surface area contributed by atoms with Gasteiger partial charge >= 0.3 is 0 Å². The van der Waals surface area contributed by atoms with Crippen molar-refractivity contribution in [1.82, 2.24) is 4.98 Å². The minimum Gasteiger partial charge on any atom is -0.495 e. The summed E-state index contributed by atoms with van der Waals surface area (Å²) in [7, 11) is 1.62. The number of hydrogen-bond acceptors (Lipinski definition) is 4. The highest BCUT2D eigenvalue weighted by Crippen LogP contribution is 2.22. The summed E-state index contributed by atoms with van der Waals surface area (Å²) in [5.41, 5.74) is 7.73. The lowest BCUT2D eigenvalue weighted by atomic mass is 10.3. The third-order valence-electron chi connectivity index (χ3n) is 2.69. The number of aliphatic imine (C=N–C) groups is 1. The van der Waals surface area contributed by atoms with Crippen molar-refractivity contribution >= 4 is 23.0 Å². The number of aromatic nitrogens is 1. The topological polar surface area (TPSA) is 72.5 Å². The second kappa shape index (κ2) is 6.91. The number of para-hydroxylation sites is 2. The second-order valence-electron chi connectivity index (χ2n) is 4.20. The van der Waals surface area contributed by atoms with Crippen LogP contribution in [0.5, 0.6) is 5.75 Å². The van der Waals surface area contributed by atoms with Gasteiger partial charge < -0.3 is 15.8 Å². The normalized spacial score (nSPS) is 11.4. The molecule has 0 aliphatic heterocycles. The maximum absolute atomic E-state index is 5.86. The number of thiazole rings is 1. The van der Waals surface area contributed by atoms with Crippen molar-refractivity contribution in [2.24, 2.45) is 10.7 Å². The minimum absolute atomic E-state index is 0.376. The Morgan fingerprint density at radius 1 is 1.45 bits per heavy atom. The van der Waals surface area contributed by atoms with Gasteiger partial charge in [0.05, 0.1) is 23.5 Å². The van der Waals surface area contributed by atoms with Crippen molar-refractivity contribution in [1.29, 1.82) is 0 Å². The van der Waals surface area contributed by atoms with Gasteiger partial charge in [0.25, 0.3) is 0 Å². The number of methoxy groups -OCH3 is 1. The van der Waals surface area contributed by atoms with Gasteiger partial charge in [-0.2, -0.15) is 0 Å². The molecule has 0 saturated carbocycles. The van der Waals surface area contributed by atoms with E-state index in [9.17, 15) is 0 Å². The number of rotatable bonds is 5. The van der Waals surface area contributed by atoms with Gasteiger partial charge in [-0.15, -0.1) is 11.3 Å². The number of hydrogen-bond donors (Lipinski definition) is 2. The lowest BCUT2D eigenvalue weighted by Gasteiger charge is -2.09. The largest absolute Gasteiger partial charge is 0.495 e. The Hall–Kier alpha value is -2.08. The number of nitrogens with one attached hydrogen (secondary N) is 1. The van der Waals surface area contributed by atoms with Gasteiger partial charge in [0, 0.05) is 18.3 Å². The number of anilines is 1. The van der Waals surface area contributed by atoms with Crippen LogP contribution in [0.2, 0.25) is 0 Å². The molecule has 0 radical (unpaired) electrons. The van der Waals surface area contributed by atoms with E-state index in [0.29, 0.717) is 12.5 Å². The van der Waals surface area contributed by atoms with Crippen LogP contribution in [-0.4, -0.2) is 24.6 Å². The Balaban J connectivity index is 1.90. The first-order valence-corrected chi connectivity index (χ1v) is 7.18. The van der Waals surface area contributed by atoms with Crippen LogP contribution >= 0.6 is 11.3 Å². The quantitative estimate of drug-likeness (QED) is 0.655. The summed E-state index contributed by atoms with van der Waals surface area (Å²) < 4.78 is 5.24. The first-order valence-electron chi connectivity index (χ1n) is 6.30. The van der Waals surface area contributed by atoms with E-state index < -0.39 is 0 Å². The minimum atomic E-state index is 0.376. The van der Waals surface area contributed by atoms with Gasteiger partial charge in [-0.05, 0) is 19.1 Å². The van der Waals surface area contributed by atoms with E-state index in [-0.39, 0.29) is 0 Å². The summed E-state index contributed by atoms with van der Waals surface area (Å²) in [4.78, 5) is 8.68. The summed E-state index contributed by atoms with van der Waals surface area (Å²) in [5.74, 6) is 1.11. The summed E-state index contributed by atoms with van der Waals surface area (Å²) in [5, 5.41) is 6.16. The van der Waals surface area contributed by atoms with E-state index in [4.69, 9.17) is 10.5 Å². The van der Waals surface area contributed by atoms with Gasteiger partial charge in [0.2, 0.25) is 0 Å². The summed E-state index contributed by atoms with van der Waals surface area (Å²) in [6.07, 6.45) is 0.790. The predicted octanol–water partition coefficient (Wildman–Crippen LogP) is 2.43. The molecule has 0 bridgehead atoms. The Kier molecular flexibility index (Phi) is 4.95. The Morgan fingerprint density at radius 2 is 2.25 bits per heavy atom. The smallest absolute Gasteiger partial charge is 0.193 e. The highest BCUT2D eigenvalue weighted by atomic mass is 32.1. The molecule has 0 atom stereocenters. The van der Waals surface area contributed by atoms with E-state index in [0.717, 1.165) is 28.6 Å². The highest BCUT2D eigenvalue weighted by molar-refractivity contribution is 7.09. The molecule has 0 fully saturated rings. The second-order valence-corrected chi connectivity index (χ2v) is 5.26. The first kappa shape index (κ1) is 14.3. The number of benzene rings is 1. The van der Waals surface area contributed by atoms with Crippen molar-refractivity contribution < 1.29 is 4.74 Å². The molecule has 106 valence electrons. The molecule has 0 aliphatic carbocycles. The van der Waals surface area contributed by atoms with Crippen LogP contribution in [0.15, 0.2) is 34.6 Å². The van der Waals surface area contributed by atoms with Crippen LogP contribution in [0.4, 0.5) is 5.69 Å². The average molecular weight is 290 g/mol. The van der Waals surface area contributed by atoms with Crippen molar-refractivity contribution in [3.05, 3.63) is 40.3 Å². The lowest BCUT2D eigenvalue weighted by molar-refractivity contribution is 0.417. The monoisotopic (exact) mass is 290 g/mol. The fourth-order valence-electron chi connectivity index (χ4n) is 1.74. The van der Waals surface area contributed by atoms with Crippen LogP contribution in [0.1, 0.15) is 10.7 Å². The van der Waals surface area contributed by atoms with E-state index in [1.807, 2.05) is 31.2 Å². The molecule has 5 nitrogen and oxygen atoms in total. The van der Waals surface area contributed by atoms with E-state index in [2.05, 4.69) is 20.7 Å². The molecular weight excluding hydrogens is 272 g/mol. The molecule has 1 aromatic carbocycles. The Labute approximate surface area is 122 Å². The summed E-state index contributed by atoms with van der Waals surface area (Å²) >= 11 is 1.65. The van der Waals surface area contributed by atoms with Crippen molar-refractivity contribution in [3.8, 4) is 5.75 Å². The lowest BCUT2D eigenvalue weighted by Crippen LogP contribution is -2.23. The maximum Gasteiger partial charge on any atom is 0.193 e. The number of nitrogens with two attached hydrogens (primary N) is 1. The molecule has 0 amide bonds. The van der Waals surface area contributed by atoms with E-state index in [1.165, 1.54) is 0 Å². The summed E-state index contributed by atoms with van der Waals surface area (Å²) in [6, 6.07) is 7.58. The van der Waals surface area contributed by atoms with Gasteiger partial charge in [0.15, 0.2) is 5.96 Å². The van der Waals surface area contributed by atoms with Gasteiger partial charge in [-0.25, -0.2) is 4.98 Å². The molecule has 2 aromatic rings. The fraction of sp³-hybridized carbons (Fsp3) is 0.286. The molecule has 1 heterocycles. The summed E-state index contributed by atoms with van der Waals surface area (Å²) in [6.45, 7) is 2.60. The number of guanidine groups is 1. The highest BCUT2D eigenvalue weighted by Gasteiger charge is 2.02. The zero-order valence-corrected chi connectivity index (χ0v) is 12.4. The Bertz CT molecular complexity index is 594. The molecule has 1 aromatic heterocycles. The Morgan fingerprint density at radius 3 is 2.95 bits per heavy atom. The van der Waals surface area contributed by atoms with Gasteiger partial charge in [-0.1, -0.05) is 12.1 Å². The zero-order valence-electron chi connectivity index (χ0n) is 11.6. The number of aryl methyl sites for hydroxylation is 1. The van der Waals surface area contributed by atoms with E-state index >= 15 is 0 Å². The molecule has 0 saturated heterocycles. The first-order chi connectivity index (χ1) is 9.69. The molecule has 3 N–H and O–H groups in total. The van der Waals surface area contributed by atoms with Crippen LogP contribution in [0, 0.1) is 6.92 Å². The maximum atomic E-state index is 5.86. The number of nitrogens with zero attached hydrogens (tertiary/aromatic N) is 2. The molecule has 2 rings (SSSR count). The fourth-order valence-corrected chi connectivity index (χ4v) is 2.39. The van der Waals surface area contributed by atoms with E-state index in [1.54, 1.807) is 18.4 Å². The van der Waals surface area contributed by atoms with Gasteiger partial charge in [0.1, 0.15) is 5.75 Å². The SMILES string of the molecule is COc1ccccc1NC(N)=NCCc1csc(C)n1. The molecule has 0 unspecified atom stereocenters. The van der Waals surface area contributed by atoms with Crippen molar-refractivity contribution in [2.75, 3.05) is 19.0 Å². The van der Waals surface area contributed by atoms with Crippen LogP contribution < -0.4 is 15.8 Å². The van der Waals surface area contributed by atoms with Gasteiger partial charge in [-0.3, -0.25) is 4.99 Å². The zero-order chi connectivity index (χ0) is 14.4. The average Bonchev–Trinajstić information content (AvgIpc) is 2.85. The standard InChI is InChI=1S/C14H18N4OS/c1-10-17-11(9-20-10)7-8-16-14(15)18-12-5-3-4-6-13(12)19-2/h3-6,9H,7-8H2,1-2H3,(H3,15,16,18). The third kappa shape index (κ3) is 3.96. The van der Waals surface area contributed by atoms with Crippen molar-refractivity contribution in [2.45, 2.75) is 13.3 Å². The number of ether oxygens (including phenoxy) is 1. The van der Waals surface area contributed by atoms with Crippen LogP contribution in [0.3, 0.4) is 0 Å². The predicted molar refractivity (Wildman–Crippen MR) is 83.7 cm³/mol. The van der Waals surface area contributed by atoms with Crippen LogP contribution in [0.25, 0.3) is 0 Å². The third-order valence-corrected chi connectivity index (χ3v) is 3.51. The molecule has 6 heteroatoms. The molecule has 0 spiro atoms.